The fourth-order valence-corrected chi connectivity index (χ4v) is 3.37. The highest BCUT2D eigenvalue weighted by molar-refractivity contribution is 5.76. The van der Waals surface area contributed by atoms with E-state index in [2.05, 4.69) is 26.7 Å². The minimum atomic E-state index is 0.296. The number of piperazine rings is 2. The molecule has 0 atom stereocenters. The summed E-state index contributed by atoms with van der Waals surface area (Å²) in [7, 11) is 3.78. The molecule has 0 radical (unpaired) electrons. The molecule has 2 fully saturated rings. The van der Waals surface area contributed by atoms with Gasteiger partial charge in [-0.3, -0.25) is 9.69 Å². The standard InChI is InChI=1S/C18H29N5O2/c1-20-7-11-23(12-8-20)18(24)4-6-21-9-13-22(14-10-21)17-15-16(25-2)3-5-19-17/h3,5,15H,4,6-14H2,1-2H3. The number of rotatable bonds is 5. The minimum absolute atomic E-state index is 0.296. The first-order valence-corrected chi connectivity index (χ1v) is 9.09. The van der Waals surface area contributed by atoms with Crippen LogP contribution >= 0.6 is 0 Å². The Labute approximate surface area is 150 Å². The van der Waals surface area contributed by atoms with Crippen LogP contribution in [0.25, 0.3) is 0 Å². The van der Waals surface area contributed by atoms with Crippen LogP contribution in [0.2, 0.25) is 0 Å². The molecule has 25 heavy (non-hydrogen) atoms. The molecule has 138 valence electrons. The Morgan fingerprint density at radius 3 is 2.52 bits per heavy atom. The maximum atomic E-state index is 12.4. The number of carbonyl (C=O) groups excluding carboxylic acids is 1. The minimum Gasteiger partial charge on any atom is -0.497 e. The molecule has 7 heteroatoms. The smallest absolute Gasteiger partial charge is 0.223 e. The second-order valence-corrected chi connectivity index (χ2v) is 6.82. The van der Waals surface area contributed by atoms with Crippen molar-refractivity contribution in [1.29, 1.82) is 0 Å². The van der Waals surface area contributed by atoms with E-state index in [0.29, 0.717) is 12.3 Å². The molecule has 1 aromatic rings. The van der Waals surface area contributed by atoms with E-state index in [1.807, 2.05) is 17.0 Å². The van der Waals surface area contributed by atoms with Crippen molar-refractivity contribution in [1.82, 2.24) is 19.7 Å². The van der Waals surface area contributed by atoms with E-state index in [1.165, 1.54) is 0 Å². The van der Waals surface area contributed by atoms with Crippen LogP contribution < -0.4 is 9.64 Å². The van der Waals surface area contributed by atoms with Crippen LogP contribution in [0, 0.1) is 0 Å². The number of carbonyl (C=O) groups is 1. The lowest BCUT2D eigenvalue weighted by Crippen LogP contribution is -2.49. The van der Waals surface area contributed by atoms with Crippen LogP contribution in [0.3, 0.4) is 0 Å². The van der Waals surface area contributed by atoms with Crippen molar-refractivity contribution < 1.29 is 9.53 Å². The lowest BCUT2D eigenvalue weighted by Gasteiger charge is -2.36. The molecule has 0 aliphatic carbocycles. The summed E-state index contributed by atoms with van der Waals surface area (Å²) >= 11 is 0. The third kappa shape index (κ3) is 4.83. The van der Waals surface area contributed by atoms with Gasteiger partial charge in [0.05, 0.1) is 7.11 Å². The Kier molecular flexibility index (Phi) is 6.09. The van der Waals surface area contributed by atoms with Crippen molar-refractivity contribution in [2.24, 2.45) is 0 Å². The Morgan fingerprint density at radius 2 is 1.84 bits per heavy atom. The second kappa shape index (κ2) is 8.49. The van der Waals surface area contributed by atoms with Gasteiger partial charge in [-0.25, -0.2) is 4.98 Å². The van der Waals surface area contributed by atoms with Crippen molar-refractivity contribution in [3.05, 3.63) is 18.3 Å². The van der Waals surface area contributed by atoms with Gasteiger partial charge in [-0.2, -0.15) is 0 Å². The fraction of sp³-hybridized carbons (Fsp3) is 0.667. The highest BCUT2D eigenvalue weighted by atomic mass is 16.5. The lowest BCUT2D eigenvalue weighted by molar-refractivity contribution is -0.133. The summed E-state index contributed by atoms with van der Waals surface area (Å²) in [4.78, 5) is 25.7. The molecule has 2 aliphatic rings. The molecule has 0 saturated carbocycles. The number of hydrogen-bond donors (Lipinski definition) is 0. The highest BCUT2D eigenvalue weighted by Crippen LogP contribution is 2.19. The molecular weight excluding hydrogens is 318 g/mol. The third-order valence-electron chi connectivity index (χ3n) is 5.15. The first-order chi connectivity index (χ1) is 12.2. The second-order valence-electron chi connectivity index (χ2n) is 6.82. The van der Waals surface area contributed by atoms with E-state index < -0.39 is 0 Å². The summed E-state index contributed by atoms with van der Waals surface area (Å²) in [5.74, 6) is 2.10. The van der Waals surface area contributed by atoms with Crippen LogP contribution in [-0.2, 0) is 4.79 Å². The number of hydrogen-bond acceptors (Lipinski definition) is 6. The summed E-state index contributed by atoms with van der Waals surface area (Å²) in [5, 5.41) is 0. The van der Waals surface area contributed by atoms with Gasteiger partial charge in [0.2, 0.25) is 5.91 Å². The Bertz CT molecular complexity index is 566. The van der Waals surface area contributed by atoms with Gasteiger partial charge in [0.25, 0.3) is 0 Å². The number of pyridine rings is 1. The van der Waals surface area contributed by atoms with Crippen LogP contribution in [0.1, 0.15) is 6.42 Å². The predicted octanol–water partition coefficient (Wildman–Crippen LogP) is 0.376. The zero-order valence-electron chi connectivity index (χ0n) is 15.4. The van der Waals surface area contributed by atoms with Crippen molar-refractivity contribution in [2.45, 2.75) is 6.42 Å². The molecule has 2 aliphatic heterocycles. The maximum Gasteiger partial charge on any atom is 0.223 e. The number of likely N-dealkylation sites (N-methyl/N-ethyl adjacent to an activating group) is 1. The molecule has 1 amide bonds. The van der Waals surface area contributed by atoms with E-state index >= 15 is 0 Å². The Hall–Kier alpha value is -1.86. The van der Waals surface area contributed by atoms with Crippen LogP contribution in [0.5, 0.6) is 5.75 Å². The maximum absolute atomic E-state index is 12.4. The van der Waals surface area contributed by atoms with Crippen LogP contribution in [0.4, 0.5) is 5.82 Å². The summed E-state index contributed by atoms with van der Waals surface area (Å²) in [6.45, 7) is 8.35. The van der Waals surface area contributed by atoms with Crippen molar-refractivity contribution >= 4 is 11.7 Å². The Balaban J connectivity index is 1.41. The first kappa shape index (κ1) is 17.9. The molecule has 0 aromatic carbocycles. The third-order valence-corrected chi connectivity index (χ3v) is 5.15. The summed E-state index contributed by atoms with van der Waals surface area (Å²) in [5.41, 5.74) is 0. The van der Waals surface area contributed by atoms with Gasteiger partial charge in [-0.15, -0.1) is 0 Å². The van der Waals surface area contributed by atoms with Crippen LogP contribution in [0.15, 0.2) is 18.3 Å². The lowest BCUT2D eigenvalue weighted by atomic mass is 10.2. The zero-order chi connectivity index (χ0) is 17.6. The van der Waals surface area contributed by atoms with Crippen molar-refractivity contribution in [2.75, 3.05) is 78.0 Å². The van der Waals surface area contributed by atoms with Gasteiger partial charge < -0.3 is 19.4 Å². The number of methoxy groups -OCH3 is 1. The summed E-state index contributed by atoms with van der Waals surface area (Å²) < 4.78 is 5.27. The molecule has 0 spiro atoms. The van der Waals surface area contributed by atoms with Crippen LogP contribution in [-0.4, -0.2) is 98.7 Å². The molecule has 3 rings (SSSR count). The average Bonchev–Trinajstić information content (AvgIpc) is 2.67. The van der Waals surface area contributed by atoms with Crippen molar-refractivity contribution in [3.8, 4) is 5.75 Å². The van der Waals surface area contributed by atoms with Gasteiger partial charge in [0, 0.05) is 77.6 Å². The van der Waals surface area contributed by atoms with Gasteiger partial charge in [-0.05, 0) is 13.1 Å². The predicted molar refractivity (Wildman–Crippen MR) is 98.1 cm³/mol. The topological polar surface area (TPSA) is 52.2 Å². The molecule has 1 aromatic heterocycles. The van der Waals surface area contributed by atoms with E-state index in [1.54, 1.807) is 13.3 Å². The van der Waals surface area contributed by atoms with Gasteiger partial charge in [-0.1, -0.05) is 0 Å². The monoisotopic (exact) mass is 347 g/mol. The van der Waals surface area contributed by atoms with Crippen molar-refractivity contribution in [3.63, 3.8) is 0 Å². The van der Waals surface area contributed by atoms with Gasteiger partial charge in [0.15, 0.2) is 0 Å². The highest BCUT2D eigenvalue weighted by Gasteiger charge is 2.22. The first-order valence-electron chi connectivity index (χ1n) is 9.09. The number of nitrogens with zero attached hydrogens (tertiary/aromatic N) is 5. The molecule has 0 bridgehead atoms. The van der Waals surface area contributed by atoms with Gasteiger partial charge in [0.1, 0.15) is 11.6 Å². The SMILES string of the molecule is COc1ccnc(N2CCN(CCC(=O)N3CCN(C)CC3)CC2)c1. The largest absolute Gasteiger partial charge is 0.497 e. The van der Waals surface area contributed by atoms with Gasteiger partial charge >= 0.3 is 0 Å². The normalized spacial score (nSPS) is 19.9. The summed E-state index contributed by atoms with van der Waals surface area (Å²) in [6.07, 6.45) is 2.41. The molecular formula is C18H29N5O2. The molecule has 0 N–H and O–H groups in total. The molecule has 0 unspecified atom stereocenters. The quantitative estimate of drug-likeness (QED) is 0.767. The molecule has 3 heterocycles. The number of ether oxygens (including phenoxy) is 1. The summed E-state index contributed by atoms with van der Waals surface area (Å²) in [6, 6.07) is 3.84. The Morgan fingerprint density at radius 1 is 1.12 bits per heavy atom. The van der Waals surface area contributed by atoms with E-state index in [0.717, 1.165) is 70.5 Å². The zero-order valence-corrected chi connectivity index (χ0v) is 15.4. The number of amides is 1. The molecule has 7 nitrogen and oxygen atoms in total. The van der Waals surface area contributed by atoms with E-state index in [9.17, 15) is 4.79 Å². The van der Waals surface area contributed by atoms with E-state index in [4.69, 9.17) is 4.74 Å². The number of aromatic nitrogens is 1. The number of anilines is 1. The molecule has 2 saturated heterocycles. The average molecular weight is 347 g/mol. The van der Waals surface area contributed by atoms with E-state index in [-0.39, 0.29) is 0 Å². The fourth-order valence-electron chi connectivity index (χ4n) is 3.37.